The minimum atomic E-state index is 0.828. The molecule has 0 fully saturated rings. The SMILES string of the molecule is c1ccc(C(=Nc2ccccc2N=C(c2ccccc2)c2ccccc2)c2ccccc2)cc1. The molecular weight excluding hydrogens is 412 g/mol. The molecule has 0 heterocycles. The number of hydrogen-bond acceptors (Lipinski definition) is 2. The van der Waals surface area contributed by atoms with Crippen LogP contribution < -0.4 is 0 Å². The molecule has 0 aliphatic heterocycles. The van der Waals surface area contributed by atoms with Crippen molar-refractivity contribution in [2.45, 2.75) is 0 Å². The second-order valence-corrected chi connectivity index (χ2v) is 7.87. The summed E-state index contributed by atoms with van der Waals surface area (Å²) >= 11 is 0. The van der Waals surface area contributed by atoms with Crippen LogP contribution in [0.1, 0.15) is 22.3 Å². The molecular formula is C32H24N2. The van der Waals surface area contributed by atoms with E-state index in [-0.39, 0.29) is 0 Å². The summed E-state index contributed by atoms with van der Waals surface area (Å²) in [6, 6.07) is 49.3. The van der Waals surface area contributed by atoms with E-state index in [0.717, 1.165) is 45.1 Å². The van der Waals surface area contributed by atoms with Crippen LogP contribution in [-0.2, 0) is 0 Å². The van der Waals surface area contributed by atoms with Gasteiger partial charge in [-0.2, -0.15) is 0 Å². The largest absolute Gasteiger partial charge is 0.246 e. The standard InChI is InChI=1S/C32H24N2/c1-5-15-25(16-6-1)31(26-17-7-2-8-18-26)33-29-23-13-14-24-30(29)34-32(27-19-9-3-10-20-27)28-21-11-4-12-22-28/h1-24H. The molecule has 34 heavy (non-hydrogen) atoms. The fourth-order valence-electron chi connectivity index (χ4n) is 3.87. The molecule has 162 valence electrons. The van der Waals surface area contributed by atoms with Gasteiger partial charge in [-0.1, -0.05) is 133 Å². The van der Waals surface area contributed by atoms with E-state index in [4.69, 9.17) is 9.98 Å². The monoisotopic (exact) mass is 436 g/mol. The summed E-state index contributed by atoms with van der Waals surface area (Å²) in [6.07, 6.45) is 0. The molecule has 5 aromatic rings. The van der Waals surface area contributed by atoms with Gasteiger partial charge in [0.25, 0.3) is 0 Å². The van der Waals surface area contributed by atoms with E-state index in [1.807, 2.05) is 97.1 Å². The van der Waals surface area contributed by atoms with Gasteiger partial charge in [0.05, 0.1) is 22.8 Å². The number of hydrogen-bond donors (Lipinski definition) is 0. The van der Waals surface area contributed by atoms with Crippen LogP contribution in [0.4, 0.5) is 11.4 Å². The summed E-state index contributed by atoms with van der Waals surface area (Å²) in [7, 11) is 0. The Balaban J connectivity index is 1.68. The van der Waals surface area contributed by atoms with Crippen LogP contribution in [0.3, 0.4) is 0 Å². The summed E-state index contributed by atoms with van der Waals surface area (Å²) in [5.74, 6) is 0. The number of benzene rings is 5. The van der Waals surface area contributed by atoms with E-state index in [1.54, 1.807) is 0 Å². The van der Waals surface area contributed by atoms with Crippen LogP contribution in [0.5, 0.6) is 0 Å². The van der Waals surface area contributed by atoms with Crippen LogP contribution in [0, 0.1) is 0 Å². The van der Waals surface area contributed by atoms with Crippen LogP contribution >= 0.6 is 0 Å². The Morgan fingerprint density at radius 2 is 0.529 bits per heavy atom. The molecule has 0 N–H and O–H groups in total. The van der Waals surface area contributed by atoms with Gasteiger partial charge >= 0.3 is 0 Å². The van der Waals surface area contributed by atoms with Crippen molar-refractivity contribution in [3.8, 4) is 0 Å². The normalized spacial score (nSPS) is 10.4. The third-order valence-electron chi connectivity index (χ3n) is 5.54. The van der Waals surface area contributed by atoms with E-state index in [2.05, 4.69) is 48.5 Å². The third kappa shape index (κ3) is 4.92. The minimum Gasteiger partial charge on any atom is -0.246 e. The zero-order valence-corrected chi connectivity index (χ0v) is 18.8. The Morgan fingerprint density at radius 1 is 0.294 bits per heavy atom. The molecule has 2 nitrogen and oxygen atoms in total. The van der Waals surface area contributed by atoms with E-state index >= 15 is 0 Å². The summed E-state index contributed by atoms with van der Waals surface area (Å²) in [5, 5.41) is 0. The Labute approximate surface area is 200 Å². The molecule has 5 rings (SSSR count). The Morgan fingerprint density at radius 3 is 0.794 bits per heavy atom. The first-order chi connectivity index (χ1) is 16.9. The first-order valence-corrected chi connectivity index (χ1v) is 11.4. The van der Waals surface area contributed by atoms with E-state index in [9.17, 15) is 0 Å². The smallest absolute Gasteiger partial charge is 0.0894 e. The highest BCUT2D eigenvalue weighted by atomic mass is 14.8. The number of aliphatic imine (C=N–C) groups is 2. The molecule has 0 unspecified atom stereocenters. The number of para-hydroxylation sites is 2. The predicted octanol–water partition coefficient (Wildman–Crippen LogP) is 8.02. The Hall–Kier alpha value is -4.56. The average molecular weight is 437 g/mol. The van der Waals surface area contributed by atoms with E-state index in [1.165, 1.54) is 0 Å². The summed E-state index contributed by atoms with van der Waals surface area (Å²) < 4.78 is 0. The Bertz CT molecular complexity index is 1210. The lowest BCUT2D eigenvalue weighted by Crippen LogP contribution is -2.03. The Kier molecular flexibility index (Phi) is 6.50. The second kappa shape index (κ2) is 10.4. The molecule has 0 amide bonds. The molecule has 0 atom stereocenters. The second-order valence-electron chi connectivity index (χ2n) is 7.87. The van der Waals surface area contributed by atoms with Crippen LogP contribution in [0.2, 0.25) is 0 Å². The molecule has 0 aliphatic rings. The summed E-state index contributed by atoms with van der Waals surface area (Å²) in [6.45, 7) is 0. The van der Waals surface area contributed by atoms with Crippen LogP contribution in [0.25, 0.3) is 0 Å². The maximum absolute atomic E-state index is 5.15. The van der Waals surface area contributed by atoms with Crippen molar-refractivity contribution in [1.29, 1.82) is 0 Å². The summed E-state index contributed by atoms with van der Waals surface area (Å²) in [4.78, 5) is 10.3. The predicted molar refractivity (Wildman–Crippen MR) is 143 cm³/mol. The average Bonchev–Trinajstić information content (AvgIpc) is 2.93. The van der Waals surface area contributed by atoms with Gasteiger partial charge in [-0.3, -0.25) is 0 Å². The van der Waals surface area contributed by atoms with Crippen molar-refractivity contribution in [2.75, 3.05) is 0 Å². The van der Waals surface area contributed by atoms with Crippen LogP contribution in [0.15, 0.2) is 156 Å². The number of rotatable bonds is 6. The molecule has 0 aromatic heterocycles. The highest BCUT2D eigenvalue weighted by Crippen LogP contribution is 2.31. The highest BCUT2D eigenvalue weighted by molar-refractivity contribution is 6.15. The minimum absolute atomic E-state index is 0.828. The topological polar surface area (TPSA) is 24.7 Å². The van der Waals surface area contributed by atoms with Gasteiger partial charge in [0, 0.05) is 22.3 Å². The van der Waals surface area contributed by atoms with Gasteiger partial charge < -0.3 is 0 Å². The lowest BCUT2D eigenvalue weighted by molar-refractivity contribution is 1.41. The molecule has 0 saturated heterocycles. The van der Waals surface area contributed by atoms with Crippen molar-refractivity contribution < 1.29 is 0 Å². The first-order valence-electron chi connectivity index (χ1n) is 11.4. The van der Waals surface area contributed by atoms with Crippen molar-refractivity contribution >= 4 is 22.8 Å². The van der Waals surface area contributed by atoms with Crippen molar-refractivity contribution in [3.05, 3.63) is 168 Å². The lowest BCUT2D eigenvalue weighted by Gasteiger charge is -2.11. The van der Waals surface area contributed by atoms with E-state index < -0.39 is 0 Å². The van der Waals surface area contributed by atoms with Crippen LogP contribution in [-0.4, -0.2) is 11.4 Å². The molecule has 0 bridgehead atoms. The van der Waals surface area contributed by atoms with Gasteiger partial charge in [0.2, 0.25) is 0 Å². The van der Waals surface area contributed by atoms with Crippen molar-refractivity contribution in [2.24, 2.45) is 9.98 Å². The molecule has 0 radical (unpaired) electrons. The van der Waals surface area contributed by atoms with Crippen molar-refractivity contribution in [3.63, 3.8) is 0 Å². The molecule has 0 aliphatic carbocycles. The molecule has 0 spiro atoms. The van der Waals surface area contributed by atoms with Gasteiger partial charge in [-0.15, -0.1) is 0 Å². The van der Waals surface area contributed by atoms with E-state index in [0.29, 0.717) is 0 Å². The molecule has 0 saturated carbocycles. The summed E-state index contributed by atoms with van der Waals surface area (Å²) in [5.41, 5.74) is 7.77. The fraction of sp³-hybridized carbons (Fsp3) is 0. The molecule has 5 aromatic carbocycles. The van der Waals surface area contributed by atoms with Gasteiger partial charge in [-0.25, -0.2) is 9.98 Å². The zero-order valence-electron chi connectivity index (χ0n) is 18.8. The van der Waals surface area contributed by atoms with Gasteiger partial charge in [0.15, 0.2) is 0 Å². The maximum Gasteiger partial charge on any atom is 0.0894 e. The zero-order chi connectivity index (χ0) is 23.0. The van der Waals surface area contributed by atoms with Gasteiger partial charge in [-0.05, 0) is 12.1 Å². The first kappa shape index (κ1) is 21.3. The lowest BCUT2D eigenvalue weighted by atomic mass is 10.0. The third-order valence-corrected chi connectivity index (χ3v) is 5.54. The maximum atomic E-state index is 5.15. The highest BCUT2D eigenvalue weighted by Gasteiger charge is 2.11. The number of nitrogens with zero attached hydrogens (tertiary/aromatic N) is 2. The van der Waals surface area contributed by atoms with Gasteiger partial charge in [0.1, 0.15) is 0 Å². The molecule has 2 heteroatoms. The quantitative estimate of drug-likeness (QED) is 0.241. The fourth-order valence-corrected chi connectivity index (χ4v) is 3.87. The van der Waals surface area contributed by atoms with Crippen molar-refractivity contribution in [1.82, 2.24) is 0 Å².